The van der Waals surface area contributed by atoms with Crippen LogP contribution in [0.5, 0.6) is 5.75 Å². The number of aliphatic hydroxyl groups excluding tert-OH is 1. The van der Waals surface area contributed by atoms with Gasteiger partial charge in [0.05, 0.1) is 23.9 Å². The second-order valence-corrected chi connectivity index (χ2v) is 4.93. The highest BCUT2D eigenvalue weighted by Crippen LogP contribution is 2.33. The first-order valence-electron chi connectivity index (χ1n) is 6.73. The van der Waals surface area contributed by atoms with E-state index in [2.05, 4.69) is 5.32 Å². The fraction of sp³-hybridized carbons (Fsp3) is 0.500. The van der Waals surface area contributed by atoms with Gasteiger partial charge in [0, 0.05) is 13.1 Å². The van der Waals surface area contributed by atoms with E-state index in [4.69, 9.17) is 4.74 Å². The molecule has 5 nitrogen and oxygen atoms in total. The van der Waals surface area contributed by atoms with E-state index in [1.54, 1.807) is 11.0 Å². The molecule has 1 unspecified atom stereocenters. The smallest absolute Gasteiger partial charge is 0.258 e. The molecular weight excluding hydrogens is 244 g/mol. The molecule has 1 fully saturated rings. The van der Waals surface area contributed by atoms with Crippen molar-refractivity contribution in [1.29, 1.82) is 0 Å². The van der Waals surface area contributed by atoms with Crippen LogP contribution in [0.4, 0.5) is 5.69 Å². The van der Waals surface area contributed by atoms with Gasteiger partial charge in [0.2, 0.25) is 0 Å². The zero-order chi connectivity index (χ0) is 13.2. The standard InChI is InChI=1S/C14H18N2O3/c17-9-10-3-2-7-16(10)14(18)11-4-1-5-12-13(11)19-8-6-15-12/h1,4-5,10,15,17H,2-3,6-9H2. The summed E-state index contributed by atoms with van der Waals surface area (Å²) in [7, 11) is 0. The number of ether oxygens (including phenoxy) is 1. The molecule has 1 amide bonds. The fourth-order valence-corrected chi connectivity index (χ4v) is 2.79. The van der Waals surface area contributed by atoms with Crippen LogP contribution in [0.15, 0.2) is 18.2 Å². The number of para-hydroxylation sites is 1. The molecule has 0 spiro atoms. The maximum atomic E-state index is 12.6. The summed E-state index contributed by atoms with van der Waals surface area (Å²) in [5, 5.41) is 12.6. The van der Waals surface area contributed by atoms with Crippen molar-refractivity contribution < 1.29 is 14.6 Å². The Morgan fingerprint density at radius 1 is 1.53 bits per heavy atom. The van der Waals surface area contributed by atoms with E-state index in [0.29, 0.717) is 24.5 Å². The van der Waals surface area contributed by atoms with Gasteiger partial charge in [-0.05, 0) is 25.0 Å². The van der Waals surface area contributed by atoms with Crippen molar-refractivity contribution >= 4 is 11.6 Å². The number of aliphatic hydroxyl groups is 1. The lowest BCUT2D eigenvalue weighted by Gasteiger charge is -2.26. The van der Waals surface area contributed by atoms with Crippen LogP contribution in [-0.4, -0.2) is 48.3 Å². The lowest BCUT2D eigenvalue weighted by molar-refractivity contribution is 0.0673. The Hall–Kier alpha value is -1.75. The van der Waals surface area contributed by atoms with Gasteiger partial charge in [0.25, 0.3) is 5.91 Å². The molecule has 0 saturated carbocycles. The zero-order valence-corrected chi connectivity index (χ0v) is 10.8. The maximum absolute atomic E-state index is 12.6. The number of hydrogen-bond acceptors (Lipinski definition) is 4. The van der Waals surface area contributed by atoms with Gasteiger partial charge in [0.15, 0.2) is 5.75 Å². The SMILES string of the molecule is O=C(c1cccc2c1OCCN2)N1CCCC1CO. The van der Waals surface area contributed by atoms with E-state index >= 15 is 0 Å². The van der Waals surface area contributed by atoms with E-state index in [1.807, 2.05) is 12.1 Å². The largest absolute Gasteiger partial charge is 0.489 e. The Morgan fingerprint density at radius 3 is 3.26 bits per heavy atom. The number of likely N-dealkylation sites (tertiary alicyclic amines) is 1. The van der Waals surface area contributed by atoms with E-state index in [9.17, 15) is 9.90 Å². The molecule has 2 heterocycles. The predicted octanol–water partition coefficient (Wildman–Crippen LogP) is 1.09. The second kappa shape index (κ2) is 5.09. The molecule has 1 aromatic rings. The molecule has 0 bridgehead atoms. The third-order valence-corrected chi connectivity index (χ3v) is 3.76. The molecule has 5 heteroatoms. The number of carbonyl (C=O) groups excluding carboxylic acids is 1. The van der Waals surface area contributed by atoms with E-state index in [0.717, 1.165) is 25.1 Å². The molecule has 1 atom stereocenters. The zero-order valence-electron chi connectivity index (χ0n) is 10.8. The lowest BCUT2D eigenvalue weighted by atomic mass is 10.1. The summed E-state index contributed by atoms with van der Waals surface area (Å²) in [5.74, 6) is 0.597. The molecule has 3 rings (SSSR count). The quantitative estimate of drug-likeness (QED) is 0.837. The molecule has 0 radical (unpaired) electrons. The van der Waals surface area contributed by atoms with Crippen LogP contribution in [0, 0.1) is 0 Å². The minimum Gasteiger partial charge on any atom is -0.489 e. The van der Waals surface area contributed by atoms with Crippen molar-refractivity contribution in [3.63, 3.8) is 0 Å². The summed E-state index contributed by atoms with van der Waals surface area (Å²) in [4.78, 5) is 14.4. The third kappa shape index (κ3) is 2.14. The summed E-state index contributed by atoms with van der Waals surface area (Å²) in [6, 6.07) is 5.51. The van der Waals surface area contributed by atoms with Gasteiger partial charge >= 0.3 is 0 Å². The molecule has 2 N–H and O–H groups in total. The summed E-state index contributed by atoms with van der Waals surface area (Å²) in [5.41, 5.74) is 1.46. The average Bonchev–Trinajstić information content (AvgIpc) is 2.94. The summed E-state index contributed by atoms with van der Waals surface area (Å²) >= 11 is 0. The maximum Gasteiger partial charge on any atom is 0.258 e. The number of hydrogen-bond donors (Lipinski definition) is 2. The molecule has 1 saturated heterocycles. The fourth-order valence-electron chi connectivity index (χ4n) is 2.79. The number of carbonyl (C=O) groups is 1. The minimum atomic E-state index is -0.0556. The normalized spacial score (nSPS) is 21.5. The highest BCUT2D eigenvalue weighted by Gasteiger charge is 2.31. The lowest BCUT2D eigenvalue weighted by Crippen LogP contribution is -2.38. The van der Waals surface area contributed by atoms with Crippen LogP contribution < -0.4 is 10.1 Å². The number of fused-ring (bicyclic) bond motifs is 1. The van der Waals surface area contributed by atoms with Crippen LogP contribution in [-0.2, 0) is 0 Å². The van der Waals surface area contributed by atoms with E-state index in [-0.39, 0.29) is 18.6 Å². The van der Waals surface area contributed by atoms with Gasteiger partial charge in [-0.1, -0.05) is 6.07 Å². The Labute approximate surface area is 112 Å². The number of nitrogens with zero attached hydrogens (tertiary/aromatic N) is 1. The van der Waals surface area contributed by atoms with Crippen LogP contribution >= 0.6 is 0 Å². The minimum absolute atomic E-state index is 0.0276. The van der Waals surface area contributed by atoms with Crippen LogP contribution in [0.2, 0.25) is 0 Å². The third-order valence-electron chi connectivity index (χ3n) is 3.76. The van der Waals surface area contributed by atoms with Crippen molar-refractivity contribution in [2.24, 2.45) is 0 Å². The van der Waals surface area contributed by atoms with Gasteiger partial charge < -0.3 is 20.1 Å². The van der Waals surface area contributed by atoms with Crippen molar-refractivity contribution in [2.45, 2.75) is 18.9 Å². The van der Waals surface area contributed by atoms with Crippen LogP contribution in [0.3, 0.4) is 0 Å². The highest BCUT2D eigenvalue weighted by molar-refractivity contribution is 5.99. The monoisotopic (exact) mass is 262 g/mol. The van der Waals surface area contributed by atoms with Gasteiger partial charge in [0.1, 0.15) is 6.61 Å². The second-order valence-electron chi connectivity index (χ2n) is 4.93. The first-order chi connectivity index (χ1) is 9.31. The first kappa shape index (κ1) is 12.3. The molecule has 0 aliphatic carbocycles. The molecule has 1 aromatic carbocycles. The van der Waals surface area contributed by atoms with Gasteiger partial charge in [-0.2, -0.15) is 0 Å². The van der Waals surface area contributed by atoms with E-state index in [1.165, 1.54) is 0 Å². The number of nitrogens with one attached hydrogen (secondary N) is 1. The topological polar surface area (TPSA) is 61.8 Å². The Bertz CT molecular complexity index is 490. The molecule has 19 heavy (non-hydrogen) atoms. The summed E-state index contributed by atoms with van der Waals surface area (Å²) in [6.45, 7) is 2.06. The molecule has 0 aromatic heterocycles. The number of amides is 1. The highest BCUT2D eigenvalue weighted by atomic mass is 16.5. The molecular formula is C14H18N2O3. The summed E-state index contributed by atoms with van der Waals surface area (Å²) < 4.78 is 5.63. The number of anilines is 1. The molecule has 2 aliphatic rings. The Kier molecular flexibility index (Phi) is 3.29. The Balaban J connectivity index is 1.91. The number of rotatable bonds is 2. The van der Waals surface area contributed by atoms with Crippen molar-refractivity contribution in [2.75, 3.05) is 31.6 Å². The van der Waals surface area contributed by atoms with Crippen LogP contribution in [0.1, 0.15) is 23.2 Å². The van der Waals surface area contributed by atoms with Crippen molar-refractivity contribution in [3.8, 4) is 5.75 Å². The Morgan fingerprint density at radius 2 is 2.42 bits per heavy atom. The molecule has 2 aliphatic heterocycles. The van der Waals surface area contributed by atoms with Crippen LogP contribution in [0.25, 0.3) is 0 Å². The van der Waals surface area contributed by atoms with Gasteiger partial charge in [-0.15, -0.1) is 0 Å². The first-order valence-corrected chi connectivity index (χ1v) is 6.73. The van der Waals surface area contributed by atoms with Crippen molar-refractivity contribution in [1.82, 2.24) is 4.90 Å². The average molecular weight is 262 g/mol. The predicted molar refractivity (Wildman–Crippen MR) is 71.6 cm³/mol. The van der Waals surface area contributed by atoms with E-state index < -0.39 is 0 Å². The molecule has 102 valence electrons. The van der Waals surface area contributed by atoms with Gasteiger partial charge in [-0.3, -0.25) is 4.79 Å². The summed E-state index contributed by atoms with van der Waals surface area (Å²) in [6.07, 6.45) is 1.82. The number of benzene rings is 1. The van der Waals surface area contributed by atoms with Crippen molar-refractivity contribution in [3.05, 3.63) is 23.8 Å². The van der Waals surface area contributed by atoms with Gasteiger partial charge in [-0.25, -0.2) is 0 Å².